The first-order valence-electron chi connectivity index (χ1n) is 7.63. The highest BCUT2D eigenvalue weighted by Crippen LogP contribution is 2.35. The van der Waals surface area contributed by atoms with Gasteiger partial charge in [0, 0.05) is 12.2 Å². The Hall–Kier alpha value is -1.69. The third kappa shape index (κ3) is 2.92. The maximum Gasteiger partial charge on any atom is 0.387 e. The third-order valence-electron chi connectivity index (χ3n) is 4.46. The third-order valence-corrected chi connectivity index (χ3v) is 4.46. The van der Waals surface area contributed by atoms with E-state index in [4.69, 9.17) is 0 Å². The molecule has 6 heteroatoms. The van der Waals surface area contributed by atoms with Crippen LogP contribution in [0.25, 0.3) is 0 Å². The second kappa shape index (κ2) is 6.20. The first-order chi connectivity index (χ1) is 10.6. The van der Waals surface area contributed by atoms with Crippen molar-refractivity contribution in [2.45, 2.75) is 44.8 Å². The average molecular weight is 311 g/mol. The van der Waals surface area contributed by atoms with E-state index in [-0.39, 0.29) is 17.6 Å². The predicted molar refractivity (Wildman–Crippen MR) is 77.1 cm³/mol. The van der Waals surface area contributed by atoms with Gasteiger partial charge in [-0.05, 0) is 55.9 Å². The van der Waals surface area contributed by atoms with E-state index in [0.717, 1.165) is 30.5 Å². The molecule has 22 heavy (non-hydrogen) atoms. The molecular weight excluding hydrogens is 292 g/mol. The van der Waals surface area contributed by atoms with E-state index in [0.29, 0.717) is 19.4 Å². The van der Waals surface area contributed by atoms with Gasteiger partial charge in [0.2, 0.25) is 5.91 Å². The van der Waals surface area contributed by atoms with Crippen LogP contribution < -0.4 is 9.64 Å². The van der Waals surface area contributed by atoms with Crippen LogP contribution in [-0.2, 0) is 11.2 Å². The summed E-state index contributed by atoms with van der Waals surface area (Å²) in [4.78, 5) is 14.3. The first-order valence-corrected chi connectivity index (χ1v) is 7.63. The van der Waals surface area contributed by atoms with Gasteiger partial charge in [-0.2, -0.15) is 8.78 Å². The highest BCUT2D eigenvalue weighted by Gasteiger charge is 2.36. The van der Waals surface area contributed by atoms with E-state index in [9.17, 15) is 18.7 Å². The largest absolute Gasteiger partial charge is 0.435 e. The van der Waals surface area contributed by atoms with Crippen molar-refractivity contribution in [1.82, 2.24) is 0 Å². The lowest BCUT2D eigenvalue weighted by Crippen LogP contribution is -2.41. The zero-order chi connectivity index (χ0) is 15.7. The second-order valence-electron chi connectivity index (χ2n) is 5.87. The number of anilines is 1. The number of amides is 1. The van der Waals surface area contributed by atoms with E-state index in [1.54, 1.807) is 17.0 Å². The smallest absolute Gasteiger partial charge is 0.387 e. The van der Waals surface area contributed by atoms with Crippen molar-refractivity contribution >= 4 is 11.6 Å². The van der Waals surface area contributed by atoms with Gasteiger partial charge in [-0.3, -0.25) is 4.79 Å². The molecule has 0 radical (unpaired) electrons. The number of aliphatic hydroxyl groups is 1. The Morgan fingerprint density at radius 1 is 1.32 bits per heavy atom. The number of halogens is 2. The second-order valence-corrected chi connectivity index (χ2v) is 5.87. The van der Waals surface area contributed by atoms with Crippen molar-refractivity contribution in [3.8, 4) is 5.75 Å². The molecule has 1 amide bonds. The van der Waals surface area contributed by atoms with Gasteiger partial charge in [0.25, 0.3) is 0 Å². The molecule has 1 aromatic carbocycles. The molecule has 0 spiro atoms. The Labute approximate surface area is 127 Å². The minimum atomic E-state index is -2.85. The number of rotatable bonds is 3. The van der Waals surface area contributed by atoms with E-state index in [2.05, 4.69) is 4.74 Å². The molecule has 2 atom stereocenters. The fraction of sp³-hybridized carbons (Fsp3) is 0.562. The van der Waals surface area contributed by atoms with Crippen LogP contribution in [0.5, 0.6) is 5.75 Å². The molecule has 1 aliphatic carbocycles. The summed E-state index contributed by atoms with van der Waals surface area (Å²) in [7, 11) is 0. The molecule has 1 aliphatic heterocycles. The molecule has 0 bridgehead atoms. The molecule has 2 aliphatic rings. The number of hydrogen-bond donors (Lipinski definition) is 1. The van der Waals surface area contributed by atoms with Gasteiger partial charge in [-0.15, -0.1) is 0 Å². The van der Waals surface area contributed by atoms with Crippen molar-refractivity contribution in [3.63, 3.8) is 0 Å². The summed E-state index contributed by atoms with van der Waals surface area (Å²) in [6, 6.07) is 4.69. The number of benzene rings is 1. The molecule has 1 fully saturated rings. The molecule has 1 heterocycles. The molecule has 0 aromatic heterocycles. The molecule has 0 saturated heterocycles. The first kappa shape index (κ1) is 15.2. The van der Waals surface area contributed by atoms with Crippen LogP contribution in [-0.4, -0.2) is 30.3 Å². The molecule has 1 aromatic rings. The summed E-state index contributed by atoms with van der Waals surface area (Å²) >= 11 is 0. The lowest BCUT2D eigenvalue weighted by atomic mass is 9.97. The van der Waals surface area contributed by atoms with Gasteiger partial charge in [-0.1, -0.05) is 0 Å². The molecule has 3 rings (SSSR count). The lowest BCUT2D eigenvalue weighted by molar-refractivity contribution is -0.124. The summed E-state index contributed by atoms with van der Waals surface area (Å²) in [6.45, 7) is -2.25. The van der Waals surface area contributed by atoms with Crippen LogP contribution >= 0.6 is 0 Å². The molecular formula is C16H19F2NO3. The molecule has 2 unspecified atom stereocenters. The number of ether oxygens (including phenoxy) is 1. The van der Waals surface area contributed by atoms with Crippen LogP contribution in [0.15, 0.2) is 18.2 Å². The SMILES string of the molecule is O=C(C1CCCC1O)N1CCCc2cc(OC(F)F)ccc21. The Morgan fingerprint density at radius 3 is 2.82 bits per heavy atom. The lowest BCUT2D eigenvalue weighted by Gasteiger charge is -2.32. The number of hydrogen-bond acceptors (Lipinski definition) is 3. The van der Waals surface area contributed by atoms with Crippen molar-refractivity contribution in [2.24, 2.45) is 5.92 Å². The summed E-state index contributed by atoms with van der Waals surface area (Å²) in [5.74, 6) is -0.291. The van der Waals surface area contributed by atoms with Crippen LogP contribution in [0, 0.1) is 5.92 Å². The fourth-order valence-corrected chi connectivity index (χ4v) is 3.41. The van der Waals surface area contributed by atoms with E-state index >= 15 is 0 Å². The molecule has 1 N–H and O–H groups in total. The molecule has 1 saturated carbocycles. The predicted octanol–water partition coefficient (Wildman–Crippen LogP) is 2.73. The van der Waals surface area contributed by atoms with E-state index in [1.165, 1.54) is 6.07 Å². The summed E-state index contributed by atoms with van der Waals surface area (Å²) in [5.41, 5.74) is 1.59. The average Bonchev–Trinajstić information content (AvgIpc) is 2.91. The number of nitrogens with zero attached hydrogens (tertiary/aromatic N) is 1. The Morgan fingerprint density at radius 2 is 2.14 bits per heavy atom. The number of carbonyl (C=O) groups is 1. The van der Waals surface area contributed by atoms with Crippen molar-refractivity contribution < 1.29 is 23.4 Å². The number of aryl methyl sites for hydroxylation is 1. The van der Waals surface area contributed by atoms with Crippen LogP contribution in [0.4, 0.5) is 14.5 Å². The molecule has 4 nitrogen and oxygen atoms in total. The highest BCUT2D eigenvalue weighted by molar-refractivity contribution is 5.96. The molecule has 120 valence electrons. The Balaban J connectivity index is 1.83. The van der Waals surface area contributed by atoms with Crippen LogP contribution in [0.2, 0.25) is 0 Å². The summed E-state index contributed by atoms with van der Waals surface area (Å²) < 4.78 is 29.0. The van der Waals surface area contributed by atoms with Gasteiger partial charge in [0.1, 0.15) is 5.75 Å². The van der Waals surface area contributed by atoms with Crippen molar-refractivity contribution in [3.05, 3.63) is 23.8 Å². The van der Waals surface area contributed by atoms with Gasteiger partial charge in [0.05, 0.1) is 12.0 Å². The summed E-state index contributed by atoms with van der Waals surface area (Å²) in [6.07, 6.45) is 3.17. The van der Waals surface area contributed by atoms with Gasteiger partial charge < -0.3 is 14.7 Å². The zero-order valence-electron chi connectivity index (χ0n) is 12.2. The summed E-state index contributed by atoms with van der Waals surface area (Å²) in [5, 5.41) is 9.93. The van der Waals surface area contributed by atoms with Crippen molar-refractivity contribution in [2.75, 3.05) is 11.4 Å². The zero-order valence-corrected chi connectivity index (χ0v) is 12.2. The van der Waals surface area contributed by atoms with E-state index < -0.39 is 12.7 Å². The number of fused-ring (bicyclic) bond motifs is 1. The van der Waals surface area contributed by atoms with Crippen LogP contribution in [0.3, 0.4) is 0 Å². The standard InChI is InChI=1S/C16H19F2NO3/c17-16(18)22-11-6-7-13-10(9-11)3-2-8-19(13)15(21)12-4-1-5-14(12)20/h6-7,9,12,14,16,20H,1-5,8H2. The van der Waals surface area contributed by atoms with Crippen molar-refractivity contribution in [1.29, 1.82) is 0 Å². The van der Waals surface area contributed by atoms with Gasteiger partial charge >= 0.3 is 6.61 Å². The Bertz CT molecular complexity index is 564. The van der Waals surface area contributed by atoms with E-state index in [1.807, 2.05) is 0 Å². The minimum Gasteiger partial charge on any atom is -0.435 e. The van der Waals surface area contributed by atoms with Gasteiger partial charge in [0.15, 0.2) is 0 Å². The quantitative estimate of drug-likeness (QED) is 0.934. The highest BCUT2D eigenvalue weighted by atomic mass is 19.3. The maximum absolute atomic E-state index is 12.7. The number of carbonyl (C=O) groups excluding carboxylic acids is 1. The fourth-order valence-electron chi connectivity index (χ4n) is 3.41. The minimum absolute atomic E-state index is 0.0616. The Kier molecular flexibility index (Phi) is 4.29. The number of alkyl halides is 2. The topological polar surface area (TPSA) is 49.8 Å². The monoisotopic (exact) mass is 311 g/mol. The normalized spacial score (nSPS) is 24.5. The maximum atomic E-state index is 12.7. The number of aliphatic hydroxyl groups excluding tert-OH is 1. The van der Waals surface area contributed by atoms with Gasteiger partial charge in [-0.25, -0.2) is 0 Å². The van der Waals surface area contributed by atoms with Crippen LogP contribution in [0.1, 0.15) is 31.2 Å².